The summed E-state index contributed by atoms with van der Waals surface area (Å²) in [4.78, 5) is 29.6. The van der Waals surface area contributed by atoms with Gasteiger partial charge >= 0.3 is 5.97 Å². The Morgan fingerprint density at radius 1 is 1.12 bits per heavy atom. The van der Waals surface area contributed by atoms with Crippen LogP contribution in [0.1, 0.15) is 77.7 Å². The number of hydrogen-bond donors (Lipinski definition) is 0. The zero-order chi connectivity index (χ0) is 23.5. The zero-order valence-electron chi connectivity index (χ0n) is 19.9. The van der Waals surface area contributed by atoms with Gasteiger partial charge in [0.1, 0.15) is 12.3 Å². The summed E-state index contributed by atoms with van der Waals surface area (Å²) in [6.07, 6.45) is 16.5. The third kappa shape index (κ3) is 5.14. The van der Waals surface area contributed by atoms with Crippen LogP contribution < -0.4 is 0 Å². The van der Waals surface area contributed by atoms with Gasteiger partial charge in [0.05, 0.1) is 5.69 Å². The summed E-state index contributed by atoms with van der Waals surface area (Å²) in [5.74, 6) is 0.317. The number of hydrogen-bond acceptors (Lipinski definition) is 4. The third-order valence-corrected chi connectivity index (χ3v) is 7.19. The molecule has 5 rings (SSSR count). The van der Waals surface area contributed by atoms with E-state index in [2.05, 4.69) is 17.2 Å². The first kappa shape index (κ1) is 22.6. The van der Waals surface area contributed by atoms with Crippen molar-refractivity contribution in [1.82, 2.24) is 9.38 Å². The van der Waals surface area contributed by atoms with Gasteiger partial charge in [-0.25, -0.2) is 9.78 Å². The van der Waals surface area contributed by atoms with Crippen LogP contribution in [0.2, 0.25) is 0 Å². The fraction of sp³-hybridized carbons (Fsp3) is 0.414. The molecule has 5 nitrogen and oxygen atoms in total. The molecule has 0 bridgehead atoms. The molecule has 1 saturated carbocycles. The molecule has 0 amide bonds. The summed E-state index contributed by atoms with van der Waals surface area (Å²) in [6.45, 7) is 2.07. The highest BCUT2D eigenvalue weighted by atomic mass is 16.5. The first-order valence-electron chi connectivity index (χ1n) is 12.5. The number of esters is 1. The lowest BCUT2D eigenvalue weighted by atomic mass is 9.85. The number of aromatic nitrogens is 2. The number of carbonyl (C=O) groups is 2. The molecule has 0 N–H and O–H groups in total. The van der Waals surface area contributed by atoms with Gasteiger partial charge in [-0.1, -0.05) is 68.4 Å². The number of pyridine rings is 1. The van der Waals surface area contributed by atoms with Crippen LogP contribution in [0, 0.1) is 12.8 Å². The Morgan fingerprint density at radius 3 is 2.82 bits per heavy atom. The number of aryl methyl sites for hydroxylation is 2. The summed E-state index contributed by atoms with van der Waals surface area (Å²) in [7, 11) is 0. The summed E-state index contributed by atoms with van der Waals surface area (Å²) in [5.41, 5.74) is 5.86. The lowest BCUT2D eigenvalue weighted by Gasteiger charge is -2.21. The van der Waals surface area contributed by atoms with Crippen LogP contribution in [0.15, 0.2) is 54.4 Å². The molecule has 34 heavy (non-hydrogen) atoms. The average molecular weight is 457 g/mol. The standard InChI is InChI=1S/C29H32N2O3/c1-20-10-12-26-23(14-20)15-24(16-27(26)32)29(33)34-19-25-18-31-17-22(11-13-28(31)30-25)9-5-8-21-6-3-2-4-7-21/h10-14,16-18,21H,2-9,15,19H2,1H3. The molecule has 2 aliphatic carbocycles. The highest BCUT2D eigenvalue weighted by molar-refractivity contribution is 6.11. The van der Waals surface area contributed by atoms with E-state index in [0.29, 0.717) is 23.3 Å². The summed E-state index contributed by atoms with van der Waals surface area (Å²) in [5, 5.41) is 0. The largest absolute Gasteiger partial charge is 0.456 e. The minimum Gasteiger partial charge on any atom is -0.456 e. The van der Waals surface area contributed by atoms with Gasteiger partial charge in [0.25, 0.3) is 0 Å². The minimum atomic E-state index is -0.457. The number of ether oxygens (including phenoxy) is 1. The van der Waals surface area contributed by atoms with E-state index < -0.39 is 5.97 Å². The van der Waals surface area contributed by atoms with Crippen molar-refractivity contribution in [2.75, 3.05) is 0 Å². The minimum absolute atomic E-state index is 0.0870. The number of nitrogens with zero attached hydrogens (tertiary/aromatic N) is 2. The number of allylic oxidation sites excluding steroid dienone is 1. The van der Waals surface area contributed by atoms with Gasteiger partial charge in [0.2, 0.25) is 0 Å². The fourth-order valence-corrected chi connectivity index (χ4v) is 5.34. The predicted molar refractivity (Wildman–Crippen MR) is 132 cm³/mol. The fourth-order valence-electron chi connectivity index (χ4n) is 5.34. The lowest BCUT2D eigenvalue weighted by Crippen LogP contribution is -2.17. The molecule has 5 heteroatoms. The van der Waals surface area contributed by atoms with E-state index in [1.807, 2.05) is 41.8 Å². The van der Waals surface area contributed by atoms with E-state index >= 15 is 0 Å². The van der Waals surface area contributed by atoms with Gasteiger partial charge in [-0.2, -0.15) is 0 Å². The van der Waals surface area contributed by atoms with Crippen LogP contribution >= 0.6 is 0 Å². The number of imidazole rings is 1. The van der Waals surface area contributed by atoms with Crippen LogP contribution in [-0.2, 0) is 29.0 Å². The van der Waals surface area contributed by atoms with E-state index in [1.165, 1.54) is 56.6 Å². The van der Waals surface area contributed by atoms with Gasteiger partial charge < -0.3 is 9.14 Å². The first-order chi connectivity index (χ1) is 16.5. The maximum Gasteiger partial charge on any atom is 0.334 e. The van der Waals surface area contributed by atoms with Gasteiger partial charge in [-0.3, -0.25) is 4.79 Å². The molecule has 2 aromatic heterocycles. The van der Waals surface area contributed by atoms with E-state index in [4.69, 9.17) is 4.74 Å². The Kier molecular flexibility index (Phi) is 6.61. The molecule has 0 radical (unpaired) electrons. The van der Waals surface area contributed by atoms with E-state index in [-0.39, 0.29) is 12.4 Å². The molecule has 0 spiro atoms. The van der Waals surface area contributed by atoms with E-state index in [9.17, 15) is 9.59 Å². The van der Waals surface area contributed by atoms with Crippen LogP contribution in [0.25, 0.3) is 5.65 Å². The second kappa shape index (κ2) is 9.96. The van der Waals surface area contributed by atoms with Crippen molar-refractivity contribution in [3.8, 4) is 0 Å². The summed E-state index contributed by atoms with van der Waals surface area (Å²) in [6, 6.07) is 9.88. The normalized spacial score (nSPS) is 16.4. The second-order valence-corrected chi connectivity index (χ2v) is 9.88. The van der Waals surface area contributed by atoms with Crippen LogP contribution in [-0.4, -0.2) is 21.1 Å². The first-order valence-corrected chi connectivity index (χ1v) is 12.5. The Morgan fingerprint density at radius 2 is 1.97 bits per heavy atom. The molecule has 1 aromatic carbocycles. The summed E-state index contributed by atoms with van der Waals surface area (Å²) >= 11 is 0. The summed E-state index contributed by atoms with van der Waals surface area (Å²) < 4.78 is 7.53. The molecule has 0 atom stereocenters. The van der Waals surface area contributed by atoms with Gasteiger partial charge in [-0.15, -0.1) is 0 Å². The third-order valence-electron chi connectivity index (χ3n) is 7.19. The maximum absolute atomic E-state index is 12.7. The monoisotopic (exact) mass is 456 g/mol. The SMILES string of the molecule is Cc1ccc2c(c1)CC(C(=O)OCc1cn3cc(CCCC4CCCCC4)ccc3n1)=CC2=O. The van der Waals surface area contributed by atoms with Crippen molar-refractivity contribution in [1.29, 1.82) is 0 Å². The Balaban J connectivity index is 1.17. The lowest BCUT2D eigenvalue weighted by molar-refractivity contribution is -0.140. The molecular weight excluding hydrogens is 424 g/mol. The Hall–Kier alpha value is -3.21. The topological polar surface area (TPSA) is 60.7 Å². The Labute approximate surface area is 200 Å². The van der Waals surface area contributed by atoms with Gasteiger partial charge in [0, 0.05) is 30.0 Å². The molecular formula is C29H32N2O3. The maximum atomic E-state index is 12.7. The molecule has 176 valence electrons. The smallest absolute Gasteiger partial charge is 0.334 e. The number of ketones is 1. The van der Waals surface area contributed by atoms with Crippen LogP contribution in [0.4, 0.5) is 0 Å². The van der Waals surface area contributed by atoms with E-state index in [1.54, 1.807) is 0 Å². The van der Waals surface area contributed by atoms with Crippen LogP contribution in [0.5, 0.6) is 0 Å². The highest BCUT2D eigenvalue weighted by Gasteiger charge is 2.23. The molecule has 0 unspecified atom stereocenters. The number of rotatable bonds is 7. The molecule has 2 aliphatic rings. The average Bonchev–Trinajstić information content (AvgIpc) is 3.25. The number of carbonyl (C=O) groups excluding carboxylic acids is 2. The van der Waals surface area contributed by atoms with E-state index in [0.717, 1.165) is 29.1 Å². The van der Waals surface area contributed by atoms with Crippen molar-refractivity contribution in [3.05, 3.63) is 82.3 Å². The van der Waals surface area contributed by atoms with Gasteiger partial charge in [-0.05, 0) is 49.0 Å². The highest BCUT2D eigenvalue weighted by Crippen LogP contribution is 2.28. The zero-order valence-corrected chi connectivity index (χ0v) is 19.9. The molecule has 1 fully saturated rings. The number of fused-ring (bicyclic) bond motifs is 2. The van der Waals surface area contributed by atoms with Crippen molar-refractivity contribution in [2.24, 2.45) is 5.92 Å². The van der Waals surface area contributed by atoms with Crippen molar-refractivity contribution in [2.45, 2.75) is 71.3 Å². The molecule has 2 heterocycles. The van der Waals surface area contributed by atoms with Crippen molar-refractivity contribution in [3.63, 3.8) is 0 Å². The van der Waals surface area contributed by atoms with Gasteiger partial charge in [0.15, 0.2) is 5.78 Å². The quantitative estimate of drug-likeness (QED) is 0.412. The number of benzene rings is 1. The molecule has 0 saturated heterocycles. The Bertz CT molecular complexity index is 1250. The molecule has 3 aromatic rings. The van der Waals surface area contributed by atoms with Crippen molar-refractivity contribution < 1.29 is 14.3 Å². The second-order valence-electron chi connectivity index (χ2n) is 9.88. The predicted octanol–water partition coefficient (Wildman–Crippen LogP) is 5.95. The van der Waals surface area contributed by atoms with Crippen molar-refractivity contribution >= 4 is 17.4 Å². The molecule has 0 aliphatic heterocycles. The van der Waals surface area contributed by atoms with Crippen LogP contribution in [0.3, 0.4) is 0 Å².